The van der Waals surface area contributed by atoms with Gasteiger partial charge in [0.05, 0.1) is 11.5 Å². The fourth-order valence-electron chi connectivity index (χ4n) is 1.42. The van der Waals surface area contributed by atoms with Gasteiger partial charge in [-0.3, -0.25) is 10.1 Å². The van der Waals surface area contributed by atoms with Crippen molar-refractivity contribution in [2.45, 2.75) is 20.4 Å². The molecule has 0 radical (unpaired) electrons. The summed E-state index contributed by atoms with van der Waals surface area (Å²) in [5.41, 5.74) is 0.348. The van der Waals surface area contributed by atoms with Crippen molar-refractivity contribution in [2.24, 2.45) is 0 Å². The van der Waals surface area contributed by atoms with E-state index in [2.05, 4.69) is 20.4 Å². The Labute approximate surface area is 102 Å². The van der Waals surface area contributed by atoms with E-state index in [1.165, 1.54) is 12.1 Å². The molecule has 0 amide bonds. The van der Waals surface area contributed by atoms with E-state index in [1.807, 2.05) is 0 Å². The average molecular weight is 249 g/mol. The third-order valence-electron chi connectivity index (χ3n) is 2.24. The monoisotopic (exact) mass is 249 g/mol. The van der Waals surface area contributed by atoms with Crippen molar-refractivity contribution < 1.29 is 9.45 Å². The zero-order valence-electron chi connectivity index (χ0n) is 9.88. The molecule has 18 heavy (non-hydrogen) atoms. The standard InChI is InChI=1S/C10H11N5O3/c1-6-8(15(16)17)3-4-9(12-6)11-5-10-13-7(2)14-18-10/h3-4H,5H2,1-2H3,(H,11,12). The molecule has 2 aromatic rings. The number of aromatic nitrogens is 3. The number of hydrogen-bond donors (Lipinski definition) is 1. The lowest BCUT2D eigenvalue weighted by Crippen LogP contribution is -2.03. The molecule has 8 nitrogen and oxygen atoms in total. The summed E-state index contributed by atoms with van der Waals surface area (Å²) in [4.78, 5) is 18.3. The summed E-state index contributed by atoms with van der Waals surface area (Å²) in [5, 5.41) is 17.2. The molecule has 0 aliphatic carbocycles. The molecular formula is C10H11N5O3. The molecule has 1 N–H and O–H groups in total. The first-order valence-electron chi connectivity index (χ1n) is 5.21. The predicted molar refractivity (Wildman–Crippen MR) is 62.0 cm³/mol. The van der Waals surface area contributed by atoms with Gasteiger partial charge < -0.3 is 9.84 Å². The summed E-state index contributed by atoms with van der Waals surface area (Å²) in [7, 11) is 0. The van der Waals surface area contributed by atoms with Gasteiger partial charge >= 0.3 is 0 Å². The van der Waals surface area contributed by atoms with E-state index in [-0.39, 0.29) is 5.69 Å². The lowest BCUT2D eigenvalue weighted by Gasteiger charge is -2.03. The van der Waals surface area contributed by atoms with Crippen molar-refractivity contribution in [1.82, 2.24) is 15.1 Å². The van der Waals surface area contributed by atoms with Crippen molar-refractivity contribution in [2.75, 3.05) is 5.32 Å². The van der Waals surface area contributed by atoms with Crippen LogP contribution in [0, 0.1) is 24.0 Å². The van der Waals surface area contributed by atoms with Gasteiger partial charge in [-0.2, -0.15) is 4.98 Å². The van der Waals surface area contributed by atoms with E-state index in [1.54, 1.807) is 13.8 Å². The second-order valence-corrected chi connectivity index (χ2v) is 3.65. The van der Waals surface area contributed by atoms with Gasteiger partial charge in [0, 0.05) is 6.07 Å². The van der Waals surface area contributed by atoms with Crippen molar-refractivity contribution in [3.05, 3.63) is 39.7 Å². The first kappa shape index (κ1) is 12.0. The smallest absolute Gasteiger partial charge is 0.290 e. The van der Waals surface area contributed by atoms with E-state index in [0.717, 1.165) is 0 Å². The number of anilines is 1. The van der Waals surface area contributed by atoms with Gasteiger partial charge in [-0.05, 0) is 19.9 Å². The van der Waals surface area contributed by atoms with Crippen LogP contribution in [0.1, 0.15) is 17.4 Å². The fourth-order valence-corrected chi connectivity index (χ4v) is 1.42. The van der Waals surface area contributed by atoms with Crippen molar-refractivity contribution in [1.29, 1.82) is 0 Å². The van der Waals surface area contributed by atoms with Gasteiger partial charge in [0.15, 0.2) is 5.82 Å². The quantitative estimate of drug-likeness (QED) is 0.647. The molecule has 0 fully saturated rings. The van der Waals surface area contributed by atoms with Crippen LogP contribution in [-0.2, 0) is 6.54 Å². The molecule has 0 saturated heterocycles. The summed E-state index contributed by atoms with van der Waals surface area (Å²) >= 11 is 0. The maximum atomic E-state index is 10.6. The first-order valence-corrected chi connectivity index (χ1v) is 5.21. The SMILES string of the molecule is Cc1noc(CNc2ccc([N+](=O)[O-])c(C)n2)n1. The Kier molecular flexibility index (Phi) is 3.18. The van der Waals surface area contributed by atoms with E-state index >= 15 is 0 Å². The minimum Gasteiger partial charge on any atom is -0.361 e. The Bertz CT molecular complexity index is 581. The molecule has 0 aliphatic rings. The summed E-state index contributed by atoms with van der Waals surface area (Å²) in [6, 6.07) is 2.94. The highest BCUT2D eigenvalue weighted by Crippen LogP contribution is 2.17. The molecule has 2 heterocycles. The Morgan fingerprint density at radius 3 is 2.72 bits per heavy atom. The molecule has 0 aromatic carbocycles. The molecule has 2 rings (SSSR count). The third-order valence-corrected chi connectivity index (χ3v) is 2.24. The molecule has 0 aliphatic heterocycles. The van der Waals surface area contributed by atoms with Crippen LogP contribution >= 0.6 is 0 Å². The third kappa shape index (κ3) is 2.59. The Morgan fingerprint density at radius 2 is 2.17 bits per heavy atom. The van der Waals surface area contributed by atoms with Crippen LogP contribution in [-0.4, -0.2) is 20.0 Å². The lowest BCUT2D eigenvalue weighted by molar-refractivity contribution is -0.385. The minimum atomic E-state index is -0.465. The fraction of sp³-hybridized carbons (Fsp3) is 0.300. The van der Waals surface area contributed by atoms with Gasteiger partial charge in [0.1, 0.15) is 11.5 Å². The molecule has 0 saturated carbocycles. The van der Waals surface area contributed by atoms with E-state index in [9.17, 15) is 10.1 Å². The molecule has 2 aromatic heterocycles. The summed E-state index contributed by atoms with van der Waals surface area (Å²) in [6.07, 6.45) is 0. The van der Waals surface area contributed by atoms with E-state index in [0.29, 0.717) is 29.8 Å². The average Bonchev–Trinajstić information content (AvgIpc) is 2.72. The zero-order valence-corrected chi connectivity index (χ0v) is 9.88. The van der Waals surface area contributed by atoms with Crippen LogP contribution < -0.4 is 5.32 Å². The lowest BCUT2D eigenvalue weighted by atomic mass is 10.3. The highest BCUT2D eigenvalue weighted by atomic mass is 16.6. The molecule has 0 spiro atoms. The largest absolute Gasteiger partial charge is 0.361 e. The van der Waals surface area contributed by atoms with Crippen LogP contribution in [0.3, 0.4) is 0 Å². The highest BCUT2D eigenvalue weighted by Gasteiger charge is 2.12. The van der Waals surface area contributed by atoms with E-state index < -0.39 is 4.92 Å². The maximum Gasteiger partial charge on any atom is 0.290 e. The van der Waals surface area contributed by atoms with Crippen LogP contribution in [0.4, 0.5) is 11.5 Å². The van der Waals surface area contributed by atoms with Gasteiger partial charge in [-0.15, -0.1) is 0 Å². The highest BCUT2D eigenvalue weighted by molar-refractivity contribution is 5.44. The molecule has 0 atom stereocenters. The minimum absolute atomic E-state index is 0.00538. The number of nitrogens with zero attached hydrogens (tertiary/aromatic N) is 4. The summed E-state index contributed by atoms with van der Waals surface area (Å²) in [6.45, 7) is 3.63. The van der Waals surface area contributed by atoms with Crippen molar-refractivity contribution in [3.63, 3.8) is 0 Å². The second kappa shape index (κ2) is 4.78. The van der Waals surface area contributed by atoms with Crippen LogP contribution in [0.2, 0.25) is 0 Å². The second-order valence-electron chi connectivity index (χ2n) is 3.65. The summed E-state index contributed by atoms with van der Waals surface area (Å²) in [5.74, 6) is 1.51. The first-order chi connectivity index (χ1) is 8.56. The topological polar surface area (TPSA) is 107 Å². The van der Waals surface area contributed by atoms with E-state index in [4.69, 9.17) is 4.52 Å². The molecule has 8 heteroatoms. The normalized spacial score (nSPS) is 10.3. The number of hydrogen-bond acceptors (Lipinski definition) is 7. The van der Waals surface area contributed by atoms with Crippen LogP contribution in [0.5, 0.6) is 0 Å². The number of rotatable bonds is 4. The number of aryl methyl sites for hydroxylation is 2. The zero-order chi connectivity index (χ0) is 13.1. The Morgan fingerprint density at radius 1 is 1.39 bits per heavy atom. The predicted octanol–water partition coefficient (Wildman–Crippen LogP) is 1.60. The molecule has 0 unspecified atom stereocenters. The number of nitrogens with one attached hydrogen (secondary N) is 1. The molecule has 94 valence electrons. The van der Waals surface area contributed by atoms with Gasteiger partial charge in [-0.25, -0.2) is 4.98 Å². The van der Waals surface area contributed by atoms with Gasteiger partial charge in [0.25, 0.3) is 5.69 Å². The maximum absolute atomic E-state index is 10.6. The summed E-state index contributed by atoms with van der Waals surface area (Å²) < 4.78 is 4.92. The van der Waals surface area contributed by atoms with Gasteiger partial charge in [-0.1, -0.05) is 5.16 Å². The molecule has 0 bridgehead atoms. The van der Waals surface area contributed by atoms with Crippen molar-refractivity contribution >= 4 is 11.5 Å². The Hall–Kier alpha value is -2.51. The number of nitro groups is 1. The van der Waals surface area contributed by atoms with Crippen molar-refractivity contribution in [3.8, 4) is 0 Å². The molecular weight excluding hydrogens is 238 g/mol. The Balaban J connectivity index is 2.06. The van der Waals surface area contributed by atoms with Gasteiger partial charge in [0.2, 0.25) is 5.89 Å². The van der Waals surface area contributed by atoms with Crippen LogP contribution in [0.25, 0.3) is 0 Å². The van der Waals surface area contributed by atoms with Crippen LogP contribution in [0.15, 0.2) is 16.7 Å². The number of pyridine rings is 1.